The summed E-state index contributed by atoms with van der Waals surface area (Å²) in [6, 6.07) is 8.67. The topological polar surface area (TPSA) is 40.5 Å². The van der Waals surface area contributed by atoms with Gasteiger partial charge in [0.2, 0.25) is 0 Å². The normalized spacial score (nSPS) is 20.3. The Bertz CT molecular complexity index is 700. The van der Waals surface area contributed by atoms with Crippen LogP contribution in [0.5, 0.6) is 0 Å². The third-order valence-corrected chi connectivity index (χ3v) is 5.49. The molecular weight excluding hydrogens is 313 g/mol. The fraction of sp³-hybridized carbons (Fsp3) is 0.389. The first-order valence-corrected chi connectivity index (χ1v) is 8.70. The van der Waals surface area contributed by atoms with Crippen molar-refractivity contribution in [2.24, 2.45) is 5.92 Å². The van der Waals surface area contributed by atoms with Gasteiger partial charge in [0, 0.05) is 17.0 Å². The standard InChI is InChI=1S/C18H20FNO2S/c1-12-9-16(23-11-12)17(14-6-2-3-7-15(14)19)20-8-4-5-13(10-20)18(21)22/h2-3,6-7,9,11,13,17H,4-5,8,10H2,1H3,(H,21,22). The highest BCUT2D eigenvalue weighted by Gasteiger charge is 2.32. The maximum Gasteiger partial charge on any atom is 0.307 e. The minimum absolute atomic E-state index is 0.211. The van der Waals surface area contributed by atoms with E-state index in [1.165, 1.54) is 6.07 Å². The molecule has 0 aliphatic carbocycles. The molecule has 1 aromatic carbocycles. The van der Waals surface area contributed by atoms with E-state index in [2.05, 4.69) is 16.3 Å². The van der Waals surface area contributed by atoms with Crippen molar-refractivity contribution in [3.05, 3.63) is 57.5 Å². The lowest BCUT2D eigenvalue weighted by Crippen LogP contribution is -2.41. The smallest absolute Gasteiger partial charge is 0.307 e. The Morgan fingerprint density at radius 2 is 2.22 bits per heavy atom. The van der Waals surface area contributed by atoms with Crippen molar-refractivity contribution < 1.29 is 14.3 Å². The molecule has 0 saturated carbocycles. The number of likely N-dealkylation sites (tertiary alicyclic amines) is 1. The number of hydrogen-bond acceptors (Lipinski definition) is 3. The zero-order valence-electron chi connectivity index (χ0n) is 13.0. The molecule has 1 aromatic heterocycles. The van der Waals surface area contributed by atoms with E-state index < -0.39 is 5.97 Å². The predicted octanol–water partition coefficient (Wildman–Crippen LogP) is 4.08. The molecule has 2 aromatic rings. The SMILES string of the molecule is Cc1csc(C(c2ccccc2F)N2CCCC(C(=O)O)C2)c1. The molecular formula is C18H20FNO2S. The second kappa shape index (κ2) is 6.81. The molecule has 5 heteroatoms. The zero-order valence-corrected chi connectivity index (χ0v) is 13.9. The average molecular weight is 333 g/mol. The summed E-state index contributed by atoms with van der Waals surface area (Å²) in [5.41, 5.74) is 1.78. The van der Waals surface area contributed by atoms with E-state index in [1.807, 2.05) is 13.0 Å². The molecule has 2 unspecified atom stereocenters. The van der Waals surface area contributed by atoms with Gasteiger partial charge in [-0.2, -0.15) is 0 Å². The van der Waals surface area contributed by atoms with E-state index in [9.17, 15) is 14.3 Å². The number of rotatable bonds is 4. The molecule has 2 atom stereocenters. The molecule has 0 amide bonds. The largest absolute Gasteiger partial charge is 0.481 e. The van der Waals surface area contributed by atoms with Crippen LogP contribution >= 0.6 is 11.3 Å². The van der Waals surface area contributed by atoms with Gasteiger partial charge in [-0.3, -0.25) is 9.69 Å². The van der Waals surface area contributed by atoms with Gasteiger partial charge in [0.05, 0.1) is 12.0 Å². The minimum Gasteiger partial charge on any atom is -0.481 e. The molecule has 1 fully saturated rings. The van der Waals surface area contributed by atoms with Crippen molar-refractivity contribution in [2.45, 2.75) is 25.8 Å². The number of halogens is 1. The van der Waals surface area contributed by atoms with Crippen molar-refractivity contribution in [2.75, 3.05) is 13.1 Å². The Morgan fingerprint density at radius 1 is 1.43 bits per heavy atom. The van der Waals surface area contributed by atoms with Crippen LogP contribution in [0.25, 0.3) is 0 Å². The van der Waals surface area contributed by atoms with Crippen molar-refractivity contribution in [3.8, 4) is 0 Å². The monoisotopic (exact) mass is 333 g/mol. The molecule has 23 heavy (non-hydrogen) atoms. The van der Waals surface area contributed by atoms with Crippen LogP contribution < -0.4 is 0 Å². The van der Waals surface area contributed by atoms with Crippen LogP contribution in [0.2, 0.25) is 0 Å². The molecule has 1 aliphatic rings. The highest BCUT2D eigenvalue weighted by Crippen LogP contribution is 2.36. The second-order valence-electron chi connectivity index (χ2n) is 6.12. The van der Waals surface area contributed by atoms with Gasteiger partial charge in [-0.05, 0) is 49.4 Å². The summed E-state index contributed by atoms with van der Waals surface area (Å²) in [4.78, 5) is 14.6. The van der Waals surface area contributed by atoms with Crippen LogP contribution in [0.4, 0.5) is 4.39 Å². The van der Waals surface area contributed by atoms with Crippen molar-refractivity contribution in [1.29, 1.82) is 0 Å². The summed E-state index contributed by atoms with van der Waals surface area (Å²) in [5, 5.41) is 11.4. The van der Waals surface area contributed by atoms with Crippen LogP contribution in [0.15, 0.2) is 35.7 Å². The Kier molecular flexibility index (Phi) is 4.78. The van der Waals surface area contributed by atoms with Crippen molar-refractivity contribution >= 4 is 17.3 Å². The van der Waals surface area contributed by atoms with E-state index in [1.54, 1.807) is 23.5 Å². The van der Waals surface area contributed by atoms with Gasteiger partial charge in [-0.1, -0.05) is 18.2 Å². The maximum absolute atomic E-state index is 14.4. The van der Waals surface area contributed by atoms with Crippen molar-refractivity contribution in [3.63, 3.8) is 0 Å². The second-order valence-corrected chi connectivity index (χ2v) is 7.07. The predicted molar refractivity (Wildman–Crippen MR) is 89.2 cm³/mol. The summed E-state index contributed by atoms with van der Waals surface area (Å²) < 4.78 is 14.4. The van der Waals surface area contributed by atoms with Gasteiger partial charge in [0.1, 0.15) is 5.82 Å². The summed E-state index contributed by atoms with van der Waals surface area (Å²) >= 11 is 1.61. The quantitative estimate of drug-likeness (QED) is 0.916. The van der Waals surface area contributed by atoms with Gasteiger partial charge >= 0.3 is 5.97 Å². The number of piperidine rings is 1. The first-order valence-electron chi connectivity index (χ1n) is 7.82. The number of nitrogens with zero attached hydrogens (tertiary/aromatic N) is 1. The number of hydrogen-bond donors (Lipinski definition) is 1. The summed E-state index contributed by atoms with van der Waals surface area (Å²) in [7, 11) is 0. The van der Waals surface area contributed by atoms with E-state index in [0.717, 1.165) is 23.4 Å². The molecule has 0 spiro atoms. The number of aryl methyl sites for hydroxylation is 1. The van der Waals surface area contributed by atoms with Crippen LogP contribution in [0, 0.1) is 18.7 Å². The molecule has 3 rings (SSSR count). The van der Waals surface area contributed by atoms with E-state index >= 15 is 0 Å². The molecule has 122 valence electrons. The molecule has 1 saturated heterocycles. The van der Waals surface area contributed by atoms with Crippen molar-refractivity contribution in [1.82, 2.24) is 4.90 Å². The van der Waals surface area contributed by atoms with Gasteiger partial charge in [-0.15, -0.1) is 11.3 Å². The first-order chi connectivity index (χ1) is 11.1. The van der Waals surface area contributed by atoms with E-state index in [0.29, 0.717) is 18.5 Å². The summed E-state index contributed by atoms with van der Waals surface area (Å²) in [6.45, 7) is 3.28. The van der Waals surface area contributed by atoms with Gasteiger partial charge < -0.3 is 5.11 Å². The summed E-state index contributed by atoms with van der Waals surface area (Å²) in [6.07, 6.45) is 1.52. The lowest BCUT2D eigenvalue weighted by Gasteiger charge is -2.37. The Balaban J connectivity index is 1.98. The number of carboxylic acids is 1. The summed E-state index contributed by atoms with van der Waals surface area (Å²) in [5.74, 6) is -1.37. The maximum atomic E-state index is 14.4. The van der Waals surface area contributed by atoms with E-state index in [-0.39, 0.29) is 17.8 Å². The minimum atomic E-state index is -0.760. The third kappa shape index (κ3) is 3.46. The van der Waals surface area contributed by atoms with Gasteiger partial charge in [-0.25, -0.2) is 4.39 Å². The Hall–Kier alpha value is -1.72. The van der Waals surface area contributed by atoms with E-state index in [4.69, 9.17) is 0 Å². The number of aliphatic carboxylic acids is 1. The Labute approximate surface area is 139 Å². The fourth-order valence-electron chi connectivity index (χ4n) is 3.27. The van der Waals surface area contributed by atoms with Gasteiger partial charge in [0.15, 0.2) is 0 Å². The van der Waals surface area contributed by atoms with Gasteiger partial charge in [0.25, 0.3) is 0 Å². The fourth-order valence-corrected chi connectivity index (χ4v) is 4.31. The first kappa shape index (κ1) is 16.1. The number of benzene rings is 1. The zero-order chi connectivity index (χ0) is 16.4. The average Bonchev–Trinajstić information content (AvgIpc) is 2.96. The molecule has 2 heterocycles. The molecule has 1 N–H and O–H groups in total. The lowest BCUT2D eigenvalue weighted by atomic mass is 9.94. The Morgan fingerprint density at radius 3 is 2.87 bits per heavy atom. The highest BCUT2D eigenvalue weighted by molar-refractivity contribution is 7.10. The van der Waals surface area contributed by atoms with Crippen LogP contribution in [0.1, 0.15) is 34.9 Å². The number of carbonyl (C=O) groups is 1. The lowest BCUT2D eigenvalue weighted by molar-refractivity contribution is -0.143. The third-order valence-electron chi connectivity index (χ3n) is 4.39. The van der Waals surface area contributed by atoms with Crippen LogP contribution in [-0.4, -0.2) is 29.1 Å². The molecule has 0 radical (unpaired) electrons. The molecule has 1 aliphatic heterocycles. The highest BCUT2D eigenvalue weighted by atomic mass is 32.1. The number of thiophene rings is 1. The van der Waals surface area contributed by atoms with Crippen LogP contribution in [-0.2, 0) is 4.79 Å². The molecule has 3 nitrogen and oxygen atoms in total. The molecule has 0 bridgehead atoms. The number of carboxylic acid groups (broad SMARTS) is 1. The van der Waals surface area contributed by atoms with Crippen LogP contribution in [0.3, 0.4) is 0 Å².